The average molecular weight is 1510 g/mol. The first-order chi connectivity index (χ1) is 53.9. The number of nitriles is 1. The van der Waals surface area contributed by atoms with Gasteiger partial charge in [-0.25, -0.2) is 28.8 Å². The Labute approximate surface area is 637 Å². The summed E-state index contributed by atoms with van der Waals surface area (Å²) < 4.78 is 103. The van der Waals surface area contributed by atoms with Crippen LogP contribution in [0.1, 0.15) is 99.6 Å². The maximum absolute atomic E-state index is 14.8. The lowest BCUT2D eigenvalue weighted by molar-refractivity contribution is -0.233. The van der Waals surface area contributed by atoms with Crippen LogP contribution in [-0.2, 0) is 91.0 Å². The van der Waals surface area contributed by atoms with E-state index < -0.39 is 171 Å². The summed E-state index contributed by atoms with van der Waals surface area (Å²) in [5.74, 6) is -9.46. The standard InChI is InChI=1S/C86H75NO24/c1-53(88)99-73-70(104-79(93)58-37-19-7-20-38-58)67(107-82(73)97-50-65(102-77(91)56-33-15-5-16-34-56)68-72(106-81(95)60-41-23-9-24-42-60)75-84(109-68)111-85(3,52-87)110-75)64(101-76(90)55-31-13-4-14-32-55)49-96-83-74(100-54(2)89)71(105-80(94)59-39-21-8-22-40-59)69(108-83)66(103-78(92)57-35-17-6-18-36-57)51-98-86(61-43-25-10-26-44-61,62-45-27-11-28-46-62)63-47-29-12-30-48-63/h4-48,64-75,82-84H,49-51H2,1-3H3/t64-,65-,66-,67+,68+,69+,70+,71+,72+,73-,74-,75-,82-,83-,84-,85+/m1/s1. The summed E-state index contributed by atoms with van der Waals surface area (Å²) in [4.78, 5) is 115. The van der Waals surface area contributed by atoms with Gasteiger partial charge in [-0.2, -0.15) is 5.26 Å². The molecule has 9 aromatic rings. The topological polar surface area (TPSA) is 308 Å². The highest BCUT2D eigenvalue weighted by Crippen LogP contribution is 2.44. The molecule has 0 radical (unpaired) electrons. The number of hydrogen-bond acceptors (Lipinski definition) is 25. The number of fused-ring (bicyclic) bond motifs is 1. The quantitative estimate of drug-likeness (QED) is 0.0239. The molecule has 0 spiro atoms. The molecule has 111 heavy (non-hydrogen) atoms. The van der Waals surface area contributed by atoms with Crippen LogP contribution < -0.4 is 0 Å². The van der Waals surface area contributed by atoms with Crippen molar-refractivity contribution in [1.29, 1.82) is 5.26 Å². The highest BCUT2D eigenvalue weighted by atomic mass is 16.9. The van der Waals surface area contributed by atoms with Gasteiger partial charge in [-0.15, -0.1) is 0 Å². The van der Waals surface area contributed by atoms with Gasteiger partial charge in [0, 0.05) is 20.8 Å². The fourth-order valence-corrected chi connectivity index (χ4v) is 13.5. The van der Waals surface area contributed by atoms with Crippen LogP contribution in [0.4, 0.5) is 0 Å². The van der Waals surface area contributed by atoms with E-state index in [1.165, 1.54) is 79.7 Å². The number of rotatable bonds is 29. The Balaban J connectivity index is 0.892. The van der Waals surface area contributed by atoms with E-state index in [-0.39, 0.29) is 33.4 Å². The zero-order valence-electron chi connectivity index (χ0n) is 60.0. The number of benzene rings is 9. The van der Waals surface area contributed by atoms with Crippen LogP contribution in [0.5, 0.6) is 0 Å². The highest BCUT2D eigenvalue weighted by Gasteiger charge is 2.62. The van der Waals surface area contributed by atoms with Crippen molar-refractivity contribution in [2.75, 3.05) is 19.8 Å². The monoisotopic (exact) mass is 1510 g/mol. The molecule has 4 aliphatic heterocycles. The Kier molecular flexibility index (Phi) is 24.7. The van der Waals surface area contributed by atoms with Gasteiger partial charge in [0.05, 0.1) is 53.2 Å². The predicted molar refractivity (Wildman–Crippen MR) is 388 cm³/mol. The van der Waals surface area contributed by atoms with Crippen molar-refractivity contribution in [1.82, 2.24) is 0 Å². The second-order valence-electron chi connectivity index (χ2n) is 26.2. The maximum atomic E-state index is 14.8. The Morgan fingerprint density at radius 3 is 0.946 bits per heavy atom. The van der Waals surface area contributed by atoms with E-state index in [1.807, 2.05) is 97.1 Å². The minimum absolute atomic E-state index is 0.00752. The largest absolute Gasteiger partial charge is 0.453 e. The van der Waals surface area contributed by atoms with Crippen LogP contribution >= 0.6 is 0 Å². The van der Waals surface area contributed by atoms with Gasteiger partial charge in [0.15, 0.2) is 73.8 Å². The SMILES string of the molecule is CC(=O)O[C@H]1[C@H](OC[C@@H](OC(=O)c2ccccc2)[C@@H]2O[C@@H]3O[C@@](C)(C#N)O[C@@H]3[C@H]2OC(=O)c2ccccc2)O[C@@H]([C@@H](CO[C@@H]2O[C@@H]([C@@H](COC(c3ccccc3)(c3ccccc3)c3ccccc3)OC(=O)c3ccccc3)[C@H](OC(=O)c3ccccc3)[C@H]2OC(C)=O)OC(=O)c2ccccc2)[C@@H]1OC(=O)c1ccccc1. The number of nitrogens with zero attached hydrogens (tertiary/aromatic N) is 1. The van der Waals surface area contributed by atoms with E-state index in [0.29, 0.717) is 16.7 Å². The van der Waals surface area contributed by atoms with E-state index in [4.69, 9.17) is 75.8 Å². The van der Waals surface area contributed by atoms with E-state index in [2.05, 4.69) is 0 Å². The van der Waals surface area contributed by atoms with Gasteiger partial charge >= 0.3 is 47.8 Å². The maximum Gasteiger partial charge on any atom is 0.338 e. The molecule has 0 N–H and O–H groups in total. The molecule has 4 saturated heterocycles. The van der Waals surface area contributed by atoms with E-state index in [0.717, 1.165) is 13.8 Å². The molecule has 25 heteroatoms. The van der Waals surface area contributed by atoms with Crippen LogP contribution in [0.2, 0.25) is 0 Å². The smallest absolute Gasteiger partial charge is 0.338 e. The van der Waals surface area contributed by atoms with Gasteiger partial charge in [0.25, 0.3) is 5.79 Å². The first-order valence-corrected chi connectivity index (χ1v) is 35.6. The van der Waals surface area contributed by atoms with Gasteiger partial charge in [-0.3, -0.25) is 9.59 Å². The number of ether oxygens (including phenoxy) is 16. The Bertz CT molecular complexity index is 4610. The van der Waals surface area contributed by atoms with Gasteiger partial charge in [-0.05, 0) is 89.5 Å². The summed E-state index contributed by atoms with van der Waals surface area (Å²) in [6.07, 6.45) is -25.6. The van der Waals surface area contributed by atoms with Gasteiger partial charge in [-0.1, -0.05) is 200 Å². The van der Waals surface area contributed by atoms with Crippen molar-refractivity contribution in [3.63, 3.8) is 0 Å². The minimum Gasteiger partial charge on any atom is -0.453 e. The molecule has 9 aromatic carbocycles. The van der Waals surface area contributed by atoms with E-state index in [9.17, 15) is 43.6 Å². The predicted octanol–water partition coefficient (Wildman–Crippen LogP) is 11.1. The number of esters is 8. The molecular weight excluding hydrogens is 1430 g/mol. The van der Waals surface area contributed by atoms with Crippen LogP contribution in [0.15, 0.2) is 273 Å². The summed E-state index contributed by atoms with van der Waals surface area (Å²) in [5, 5.41) is 10.1. The van der Waals surface area contributed by atoms with Crippen LogP contribution in [0, 0.1) is 11.3 Å². The molecule has 0 bridgehead atoms. The van der Waals surface area contributed by atoms with Crippen molar-refractivity contribution in [3.05, 3.63) is 323 Å². The summed E-state index contributed by atoms with van der Waals surface area (Å²) in [7, 11) is 0. The third-order valence-corrected chi connectivity index (χ3v) is 18.6. The van der Waals surface area contributed by atoms with E-state index in [1.54, 1.807) is 109 Å². The zero-order valence-corrected chi connectivity index (χ0v) is 60.0. The van der Waals surface area contributed by atoms with Crippen LogP contribution in [-0.4, -0.2) is 165 Å². The third-order valence-electron chi connectivity index (χ3n) is 18.6. The fraction of sp³-hybridized carbons (Fsp3) is 0.267. The average Bonchev–Trinajstić information content (AvgIpc) is 1.06. The minimum atomic E-state index is -1.92. The first kappa shape index (κ1) is 77.1. The van der Waals surface area contributed by atoms with Crippen molar-refractivity contribution in [3.8, 4) is 6.07 Å². The van der Waals surface area contributed by atoms with Crippen LogP contribution in [0.3, 0.4) is 0 Å². The second-order valence-corrected chi connectivity index (χ2v) is 26.2. The van der Waals surface area contributed by atoms with Crippen LogP contribution in [0.25, 0.3) is 0 Å². The molecule has 25 nitrogen and oxygen atoms in total. The summed E-state index contributed by atoms with van der Waals surface area (Å²) in [6.45, 7) is 1.22. The molecule has 16 atom stereocenters. The molecule has 4 fully saturated rings. The molecule has 4 aliphatic rings. The molecule has 0 amide bonds. The lowest BCUT2D eigenvalue weighted by Crippen LogP contribution is -2.49. The number of carbonyl (C=O) groups is 8. The first-order valence-electron chi connectivity index (χ1n) is 35.6. The van der Waals surface area contributed by atoms with Crippen molar-refractivity contribution >= 4 is 47.8 Å². The summed E-state index contributed by atoms with van der Waals surface area (Å²) in [6, 6.07) is 76.7. The molecule has 568 valence electrons. The molecular formula is C86H75NO24. The van der Waals surface area contributed by atoms with Gasteiger partial charge in [0.2, 0.25) is 0 Å². The second kappa shape index (κ2) is 35.5. The Morgan fingerprint density at radius 1 is 0.360 bits per heavy atom. The van der Waals surface area contributed by atoms with Crippen molar-refractivity contribution in [2.24, 2.45) is 0 Å². The molecule has 4 heterocycles. The summed E-state index contributed by atoms with van der Waals surface area (Å²) in [5.41, 5.74) is 0.751. The highest BCUT2D eigenvalue weighted by molar-refractivity contribution is 5.92. The fourth-order valence-electron chi connectivity index (χ4n) is 13.5. The molecule has 0 aromatic heterocycles. The number of carbonyl (C=O) groups excluding carboxylic acids is 8. The van der Waals surface area contributed by atoms with Gasteiger partial charge < -0.3 is 75.8 Å². The van der Waals surface area contributed by atoms with Crippen molar-refractivity contribution < 1.29 is 114 Å². The molecule has 0 unspecified atom stereocenters. The third kappa shape index (κ3) is 18.1. The Hall–Kier alpha value is -12.1. The lowest BCUT2D eigenvalue weighted by Gasteiger charge is -2.38. The van der Waals surface area contributed by atoms with Gasteiger partial charge in [0.1, 0.15) is 30.0 Å². The molecule has 0 aliphatic carbocycles. The zero-order chi connectivity index (χ0) is 77.4. The lowest BCUT2D eigenvalue weighted by atomic mass is 9.80. The normalized spacial score (nSPS) is 23.9. The molecule has 0 saturated carbocycles. The summed E-state index contributed by atoms with van der Waals surface area (Å²) >= 11 is 0. The number of hydrogen-bond donors (Lipinski definition) is 0. The van der Waals surface area contributed by atoms with E-state index >= 15 is 0 Å². The van der Waals surface area contributed by atoms with Crippen molar-refractivity contribution in [2.45, 2.75) is 124 Å². The Morgan fingerprint density at radius 2 is 0.640 bits per heavy atom. The molecule has 13 rings (SSSR count).